The molecule has 1 aromatic carbocycles. The Morgan fingerprint density at radius 1 is 0.917 bits per heavy atom. The Morgan fingerprint density at radius 2 is 1.67 bits per heavy atom. The maximum absolute atomic E-state index is 5.53. The topological polar surface area (TPSA) is 41.5 Å². The number of pyridine rings is 1. The van der Waals surface area contributed by atoms with E-state index in [1.54, 1.807) is 24.0 Å². The smallest absolute Gasteiger partial charge is 0.234 e. The first-order valence-corrected chi connectivity index (χ1v) is 8.62. The third kappa shape index (κ3) is 4.24. The van der Waals surface area contributed by atoms with Crippen LogP contribution in [-0.2, 0) is 13.1 Å². The monoisotopic (exact) mass is 330 g/mol. The Hall–Kier alpha value is -2.11. The van der Waals surface area contributed by atoms with Gasteiger partial charge in [-0.3, -0.25) is 0 Å². The predicted octanol–water partition coefficient (Wildman–Crippen LogP) is -0.998. The van der Waals surface area contributed by atoms with Crippen molar-refractivity contribution >= 4 is 0 Å². The fourth-order valence-corrected chi connectivity index (χ4v) is 3.39. The second-order valence-corrected chi connectivity index (χ2v) is 6.42. The summed E-state index contributed by atoms with van der Waals surface area (Å²) < 4.78 is 10.8. The van der Waals surface area contributed by atoms with E-state index < -0.39 is 0 Å². The lowest BCUT2D eigenvalue weighted by Crippen LogP contribution is -3.27. The first kappa shape index (κ1) is 16.7. The molecule has 0 radical (unpaired) electrons. The molecule has 2 heterocycles. The van der Waals surface area contributed by atoms with Crippen LogP contribution in [0.5, 0.6) is 11.5 Å². The Kier molecular flexibility index (Phi) is 5.67. The van der Waals surface area contributed by atoms with Gasteiger partial charge in [0.25, 0.3) is 0 Å². The van der Waals surface area contributed by atoms with Crippen LogP contribution in [0.3, 0.4) is 0 Å². The fraction of sp³-hybridized carbons (Fsp3) is 0.421. The molecule has 1 fully saturated rings. The molecule has 2 aromatic rings. The van der Waals surface area contributed by atoms with Gasteiger partial charge < -0.3 is 19.3 Å². The lowest BCUT2D eigenvalue weighted by atomic mass is 10.1. The summed E-state index contributed by atoms with van der Waals surface area (Å²) in [5.74, 6) is 1.77. The van der Waals surface area contributed by atoms with Gasteiger partial charge in [0.15, 0.2) is 12.7 Å². The summed E-state index contributed by atoms with van der Waals surface area (Å²) >= 11 is 0. The highest BCUT2D eigenvalue weighted by atomic mass is 16.5. The van der Waals surface area contributed by atoms with E-state index >= 15 is 0 Å². The van der Waals surface area contributed by atoms with Crippen LogP contribution in [-0.4, -0.2) is 40.4 Å². The molecule has 1 aromatic heterocycles. The van der Waals surface area contributed by atoms with E-state index in [1.807, 2.05) is 24.4 Å². The molecule has 3 rings (SSSR count). The molecule has 1 aliphatic heterocycles. The number of benzene rings is 1. The molecule has 0 unspecified atom stereocenters. The van der Waals surface area contributed by atoms with Crippen LogP contribution in [0.4, 0.5) is 0 Å². The summed E-state index contributed by atoms with van der Waals surface area (Å²) in [6.07, 6.45) is 2.01. The van der Waals surface area contributed by atoms with Gasteiger partial charge in [-0.1, -0.05) is 0 Å². The molecular weight excluding hydrogens is 302 g/mol. The van der Waals surface area contributed by atoms with Crippen molar-refractivity contribution in [1.82, 2.24) is 0 Å². The third-order valence-electron chi connectivity index (χ3n) is 4.81. The van der Waals surface area contributed by atoms with Crippen molar-refractivity contribution in [3.05, 3.63) is 53.9 Å². The maximum atomic E-state index is 5.53. The number of aromatic nitrogens is 1. The molecule has 0 saturated carbocycles. The number of ether oxygens (including phenoxy) is 2. The summed E-state index contributed by atoms with van der Waals surface area (Å²) in [5.41, 5.74) is 2.57. The van der Waals surface area contributed by atoms with Crippen molar-refractivity contribution in [3.8, 4) is 11.5 Å². The van der Waals surface area contributed by atoms with E-state index in [2.05, 4.69) is 23.2 Å². The Labute approximate surface area is 143 Å². The van der Waals surface area contributed by atoms with Crippen LogP contribution in [0.25, 0.3) is 0 Å². The first-order chi connectivity index (χ1) is 11.8. The molecule has 3 N–H and O–H groups in total. The van der Waals surface area contributed by atoms with Crippen LogP contribution in [0, 0.1) is 0 Å². The van der Waals surface area contributed by atoms with Crippen molar-refractivity contribution < 1.29 is 24.3 Å². The number of methoxy groups -OCH3 is 2. The van der Waals surface area contributed by atoms with Crippen molar-refractivity contribution in [3.63, 3.8) is 0 Å². The first-order valence-electron chi connectivity index (χ1n) is 8.62. The minimum Gasteiger partial charge on any atom is -0.497 e. The van der Waals surface area contributed by atoms with Gasteiger partial charge in [-0.2, -0.15) is 0 Å². The molecule has 128 valence electrons. The zero-order valence-electron chi connectivity index (χ0n) is 14.6. The average molecular weight is 330 g/mol. The highest BCUT2D eigenvalue weighted by Gasteiger charge is 2.25. The van der Waals surface area contributed by atoms with Gasteiger partial charge in [-0.05, 0) is 18.2 Å². The lowest BCUT2D eigenvalue weighted by molar-refractivity contribution is -1.03. The molecule has 0 aliphatic carbocycles. The Bertz CT molecular complexity index is 640. The van der Waals surface area contributed by atoms with E-state index in [4.69, 9.17) is 9.47 Å². The minimum atomic E-state index is 0.846. The number of hydrogen-bond acceptors (Lipinski definition) is 2. The predicted molar refractivity (Wildman–Crippen MR) is 91.3 cm³/mol. The normalized spacial score (nSPS) is 20.6. The van der Waals surface area contributed by atoms with Gasteiger partial charge in [0.1, 0.15) is 44.2 Å². The van der Waals surface area contributed by atoms with Crippen LogP contribution in [0.1, 0.15) is 11.3 Å². The van der Waals surface area contributed by atoms with E-state index in [-0.39, 0.29) is 0 Å². The van der Waals surface area contributed by atoms with E-state index in [0.717, 1.165) is 24.6 Å². The fourth-order valence-electron chi connectivity index (χ4n) is 3.39. The second kappa shape index (κ2) is 8.13. The lowest BCUT2D eigenvalue weighted by Gasteiger charge is -2.29. The van der Waals surface area contributed by atoms with Gasteiger partial charge in [-0.15, -0.1) is 0 Å². The summed E-state index contributed by atoms with van der Waals surface area (Å²) in [6.45, 7) is 6.89. The number of rotatable bonds is 6. The van der Waals surface area contributed by atoms with E-state index in [9.17, 15) is 0 Å². The number of quaternary nitrogens is 2. The quantitative estimate of drug-likeness (QED) is 0.714. The van der Waals surface area contributed by atoms with Crippen molar-refractivity contribution in [1.29, 1.82) is 0 Å². The summed E-state index contributed by atoms with van der Waals surface area (Å²) in [7, 11) is 3.41. The standard InChI is InChI=1S/C19H25N3O2/c1-23-18-7-6-16(19(13-18)24-2)14-21-9-11-22(12-10-21)15-17-5-3-4-8-20-17/h3-8,13H,9-12,14-15H2,1-2H3/p+3. The largest absolute Gasteiger partial charge is 0.497 e. The molecule has 24 heavy (non-hydrogen) atoms. The number of hydrogen-bond donors (Lipinski definition) is 2. The summed E-state index contributed by atoms with van der Waals surface area (Å²) in [4.78, 5) is 6.62. The number of nitrogens with one attached hydrogen (secondary N) is 3. The van der Waals surface area contributed by atoms with Gasteiger partial charge in [0, 0.05) is 23.8 Å². The van der Waals surface area contributed by atoms with E-state index in [0.29, 0.717) is 0 Å². The second-order valence-electron chi connectivity index (χ2n) is 6.42. The maximum Gasteiger partial charge on any atom is 0.234 e. The molecule has 0 atom stereocenters. The summed E-state index contributed by atoms with van der Waals surface area (Å²) in [5, 5.41) is 0. The Morgan fingerprint density at radius 3 is 2.29 bits per heavy atom. The molecule has 0 spiro atoms. The SMILES string of the molecule is COc1ccc(C[NH+]2CC[NH+](Cc3cccc[nH+]3)CC2)c(OC)c1. The van der Waals surface area contributed by atoms with Gasteiger partial charge in [0.05, 0.1) is 14.2 Å². The van der Waals surface area contributed by atoms with Crippen LogP contribution >= 0.6 is 0 Å². The summed E-state index contributed by atoms with van der Waals surface area (Å²) in [6, 6.07) is 12.4. The average Bonchev–Trinajstić information content (AvgIpc) is 2.64. The molecule has 1 saturated heterocycles. The van der Waals surface area contributed by atoms with E-state index in [1.165, 1.54) is 37.4 Å². The molecular formula is C19H28N3O2+3. The van der Waals surface area contributed by atoms with Crippen LogP contribution in [0.15, 0.2) is 42.6 Å². The van der Waals surface area contributed by atoms with Crippen LogP contribution in [0.2, 0.25) is 0 Å². The molecule has 0 bridgehead atoms. The molecule has 0 amide bonds. The van der Waals surface area contributed by atoms with Gasteiger partial charge in [-0.25, -0.2) is 4.98 Å². The highest BCUT2D eigenvalue weighted by Crippen LogP contribution is 2.23. The van der Waals surface area contributed by atoms with Crippen molar-refractivity contribution in [2.24, 2.45) is 0 Å². The highest BCUT2D eigenvalue weighted by molar-refractivity contribution is 5.40. The Balaban J connectivity index is 1.54. The zero-order chi connectivity index (χ0) is 16.8. The number of aromatic amines is 1. The third-order valence-corrected chi connectivity index (χ3v) is 4.81. The number of H-pyrrole nitrogens is 1. The molecule has 5 heteroatoms. The van der Waals surface area contributed by atoms with Gasteiger partial charge >= 0.3 is 0 Å². The zero-order valence-corrected chi connectivity index (χ0v) is 14.6. The minimum absolute atomic E-state index is 0.846. The van der Waals surface area contributed by atoms with Crippen molar-refractivity contribution in [2.75, 3.05) is 40.4 Å². The molecule has 5 nitrogen and oxygen atoms in total. The molecule has 1 aliphatic rings. The number of piperazine rings is 1. The van der Waals surface area contributed by atoms with Crippen molar-refractivity contribution in [2.45, 2.75) is 13.1 Å². The van der Waals surface area contributed by atoms with Crippen LogP contribution < -0.4 is 24.3 Å². The van der Waals surface area contributed by atoms with Gasteiger partial charge in [0.2, 0.25) is 5.69 Å².